The van der Waals surface area contributed by atoms with E-state index in [1.54, 1.807) is 0 Å². The Labute approximate surface area is 119 Å². The maximum atomic E-state index is 12.2. The van der Waals surface area contributed by atoms with Crippen LogP contribution in [0.25, 0.3) is 0 Å². The molecule has 2 N–H and O–H groups in total. The zero-order valence-electron chi connectivity index (χ0n) is 12.6. The van der Waals surface area contributed by atoms with Crippen LogP contribution in [0.5, 0.6) is 0 Å². The number of carbonyl (C=O) groups is 2. The second-order valence-corrected chi connectivity index (χ2v) is 4.90. The average Bonchev–Trinajstić information content (AvgIpc) is 2.83. The Kier molecular flexibility index (Phi) is 6.14. The number of likely N-dealkylation sites (N-methyl/N-ethyl adjacent to an activating group) is 1. The first-order chi connectivity index (χ1) is 9.47. The second kappa shape index (κ2) is 7.62. The predicted octanol–water partition coefficient (Wildman–Crippen LogP) is 0.744. The lowest BCUT2D eigenvalue weighted by molar-refractivity contribution is -0.122. The van der Waals surface area contributed by atoms with Crippen LogP contribution in [-0.2, 0) is 11.2 Å². The minimum atomic E-state index is -0.329. The topological polar surface area (TPSA) is 91.0 Å². The summed E-state index contributed by atoms with van der Waals surface area (Å²) < 4.78 is 0. The van der Waals surface area contributed by atoms with Crippen LogP contribution in [0.1, 0.15) is 50.6 Å². The summed E-state index contributed by atoms with van der Waals surface area (Å²) >= 11 is 0. The van der Waals surface area contributed by atoms with Gasteiger partial charge in [0.1, 0.15) is 5.82 Å². The molecule has 0 fully saturated rings. The zero-order valence-corrected chi connectivity index (χ0v) is 12.6. The van der Waals surface area contributed by atoms with Crippen LogP contribution >= 0.6 is 0 Å². The van der Waals surface area contributed by atoms with Crippen molar-refractivity contribution in [2.75, 3.05) is 13.1 Å². The molecule has 2 amide bonds. The highest BCUT2D eigenvalue weighted by atomic mass is 16.2. The van der Waals surface area contributed by atoms with Crippen LogP contribution in [-0.4, -0.2) is 51.0 Å². The largest absolute Gasteiger partial charge is 0.352 e. The number of hydrogen-bond acceptors (Lipinski definition) is 4. The minimum absolute atomic E-state index is 0.0190. The quantitative estimate of drug-likeness (QED) is 0.771. The third kappa shape index (κ3) is 4.64. The zero-order chi connectivity index (χ0) is 15.1. The number of nitrogens with zero attached hydrogens (tertiary/aromatic N) is 3. The van der Waals surface area contributed by atoms with Gasteiger partial charge in [-0.1, -0.05) is 6.92 Å². The Morgan fingerprint density at radius 1 is 1.35 bits per heavy atom. The van der Waals surface area contributed by atoms with Gasteiger partial charge in [-0.15, -0.1) is 5.10 Å². The maximum Gasteiger partial charge on any atom is 0.293 e. The normalized spacial score (nSPS) is 10.7. The van der Waals surface area contributed by atoms with Crippen molar-refractivity contribution >= 4 is 11.8 Å². The molecule has 1 aromatic rings. The molecule has 112 valence electrons. The van der Waals surface area contributed by atoms with Gasteiger partial charge in [0, 0.05) is 19.0 Å². The van der Waals surface area contributed by atoms with Gasteiger partial charge in [0.15, 0.2) is 0 Å². The van der Waals surface area contributed by atoms with Crippen LogP contribution in [0.4, 0.5) is 0 Å². The molecule has 0 atom stereocenters. The molecular weight excluding hydrogens is 258 g/mol. The molecule has 0 saturated carbocycles. The molecule has 0 bridgehead atoms. The van der Waals surface area contributed by atoms with E-state index in [2.05, 4.69) is 20.5 Å². The average molecular weight is 281 g/mol. The van der Waals surface area contributed by atoms with Gasteiger partial charge >= 0.3 is 0 Å². The van der Waals surface area contributed by atoms with E-state index in [0.29, 0.717) is 12.4 Å². The Balaban J connectivity index is 2.68. The number of aromatic amines is 1. The number of aromatic nitrogens is 3. The second-order valence-electron chi connectivity index (χ2n) is 4.90. The molecule has 0 aliphatic heterocycles. The molecule has 0 aliphatic rings. The van der Waals surface area contributed by atoms with E-state index in [0.717, 1.165) is 12.8 Å². The lowest BCUT2D eigenvalue weighted by Crippen LogP contribution is -2.43. The van der Waals surface area contributed by atoms with E-state index in [1.807, 2.05) is 27.7 Å². The summed E-state index contributed by atoms with van der Waals surface area (Å²) in [7, 11) is 0. The summed E-state index contributed by atoms with van der Waals surface area (Å²) in [5, 5.41) is 9.41. The van der Waals surface area contributed by atoms with Crippen molar-refractivity contribution in [2.45, 2.75) is 46.6 Å². The number of carbonyl (C=O) groups excluding carboxylic acids is 2. The van der Waals surface area contributed by atoms with Crippen molar-refractivity contribution in [3.8, 4) is 0 Å². The molecule has 0 unspecified atom stereocenters. The fraction of sp³-hybridized carbons (Fsp3) is 0.692. The predicted molar refractivity (Wildman–Crippen MR) is 75.2 cm³/mol. The summed E-state index contributed by atoms with van der Waals surface area (Å²) in [5.41, 5.74) is 0. The lowest BCUT2D eigenvalue weighted by atomic mass is 10.3. The number of rotatable bonds is 7. The van der Waals surface area contributed by atoms with E-state index < -0.39 is 0 Å². The van der Waals surface area contributed by atoms with Crippen molar-refractivity contribution in [3.05, 3.63) is 11.6 Å². The lowest BCUT2D eigenvalue weighted by Gasteiger charge is -2.19. The van der Waals surface area contributed by atoms with Crippen LogP contribution in [0.3, 0.4) is 0 Å². The molecule has 20 heavy (non-hydrogen) atoms. The van der Waals surface area contributed by atoms with Crippen molar-refractivity contribution in [1.29, 1.82) is 0 Å². The van der Waals surface area contributed by atoms with Gasteiger partial charge in [-0.25, -0.2) is 4.98 Å². The molecule has 1 heterocycles. The van der Waals surface area contributed by atoms with Gasteiger partial charge in [-0.05, 0) is 27.2 Å². The van der Waals surface area contributed by atoms with E-state index in [1.165, 1.54) is 4.90 Å². The SMILES string of the molecule is CCCc1nc(C(=O)N(CC)CC(=O)NC(C)C)n[nH]1. The van der Waals surface area contributed by atoms with Gasteiger partial charge in [-0.2, -0.15) is 0 Å². The first-order valence-corrected chi connectivity index (χ1v) is 6.97. The first kappa shape index (κ1) is 16.1. The molecule has 0 aliphatic carbocycles. The summed E-state index contributed by atoms with van der Waals surface area (Å²) in [6.45, 7) is 8.05. The van der Waals surface area contributed by atoms with E-state index in [9.17, 15) is 9.59 Å². The molecule has 7 heteroatoms. The molecule has 0 radical (unpaired) electrons. The van der Waals surface area contributed by atoms with Crippen LogP contribution < -0.4 is 5.32 Å². The minimum Gasteiger partial charge on any atom is -0.352 e. The number of H-pyrrole nitrogens is 1. The Bertz CT molecular complexity index is 455. The van der Waals surface area contributed by atoms with Crippen LogP contribution in [0.15, 0.2) is 0 Å². The molecule has 1 aromatic heterocycles. The van der Waals surface area contributed by atoms with Gasteiger partial charge in [0.05, 0.1) is 6.54 Å². The number of hydrogen-bond donors (Lipinski definition) is 2. The van der Waals surface area contributed by atoms with E-state index in [-0.39, 0.29) is 30.2 Å². The highest BCUT2D eigenvalue weighted by Gasteiger charge is 2.21. The summed E-state index contributed by atoms with van der Waals surface area (Å²) in [5.74, 6) is 0.302. The summed E-state index contributed by atoms with van der Waals surface area (Å²) in [6.07, 6.45) is 1.68. The van der Waals surface area contributed by atoms with Gasteiger partial charge in [0.25, 0.3) is 5.91 Å². The third-order valence-corrected chi connectivity index (χ3v) is 2.66. The molecule has 0 spiro atoms. The standard InChI is InChI=1S/C13H23N5O2/c1-5-7-10-15-12(17-16-10)13(20)18(6-2)8-11(19)14-9(3)4/h9H,5-8H2,1-4H3,(H,14,19)(H,15,16,17). The number of nitrogens with one attached hydrogen (secondary N) is 2. The van der Waals surface area contributed by atoms with Crippen molar-refractivity contribution < 1.29 is 9.59 Å². The van der Waals surface area contributed by atoms with E-state index >= 15 is 0 Å². The van der Waals surface area contributed by atoms with E-state index in [4.69, 9.17) is 0 Å². The fourth-order valence-electron chi connectivity index (χ4n) is 1.75. The summed E-state index contributed by atoms with van der Waals surface area (Å²) in [4.78, 5) is 29.5. The van der Waals surface area contributed by atoms with Crippen LogP contribution in [0, 0.1) is 0 Å². The van der Waals surface area contributed by atoms with Gasteiger partial charge in [0.2, 0.25) is 11.7 Å². The number of amides is 2. The van der Waals surface area contributed by atoms with Gasteiger partial charge < -0.3 is 10.2 Å². The highest BCUT2D eigenvalue weighted by Crippen LogP contribution is 2.01. The third-order valence-electron chi connectivity index (χ3n) is 2.66. The molecular formula is C13H23N5O2. The van der Waals surface area contributed by atoms with Crippen LogP contribution in [0.2, 0.25) is 0 Å². The Hall–Kier alpha value is -1.92. The van der Waals surface area contributed by atoms with Gasteiger partial charge in [-0.3, -0.25) is 14.7 Å². The molecule has 7 nitrogen and oxygen atoms in total. The number of aryl methyl sites for hydroxylation is 1. The molecule has 0 saturated heterocycles. The highest BCUT2D eigenvalue weighted by molar-refractivity contribution is 5.93. The summed E-state index contributed by atoms with van der Waals surface area (Å²) in [6, 6.07) is 0.0518. The van der Waals surface area contributed by atoms with Crippen molar-refractivity contribution in [2.24, 2.45) is 0 Å². The van der Waals surface area contributed by atoms with Crippen molar-refractivity contribution in [1.82, 2.24) is 25.4 Å². The van der Waals surface area contributed by atoms with Crippen molar-refractivity contribution in [3.63, 3.8) is 0 Å². The Morgan fingerprint density at radius 3 is 2.60 bits per heavy atom. The fourth-order valence-corrected chi connectivity index (χ4v) is 1.75. The maximum absolute atomic E-state index is 12.2. The molecule has 0 aromatic carbocycles. The monoisotopic (exact) mass is 281 g/mol. The molecule has 1 rings (SSSR count). The smallest absolute Gasteiger partial charge is 0.293 e. The first-order valence-electron chi connectivity index (χ1n) is 6.97. The Morgan fingerprint density at radius 2 is 2.05 bits per heavy atom.